The third-order valence-electron chi connectivity index (χ3n) is 1.67. The van der Waals surface area contributed by atoms with Crippen LogP contribution in [0, 0.1) is 12.3 Å². The zero-order valence-electron chi connectivity index (χ0n) is 7.03. The summed E-state index contributed by atoms with van der Waals surface area (Å²) in [5.41, 5.74) is 0. The van der Waals surface area contributed by atoms with Gasteiger partial charge in [-0.3, -0.25) is 0 Å². The first-order valence-electron chi connectivity index (χ1n) is 4.35. The summed E-state index contributed by atoms with van der Waals surface area (Å²) in [6.45, 7) is 2.24. The number of terminal acetylenes is 1. The summed E-state index contributed by atoms with van der Waals surface area (Å²) >= 11 is 0. The van der Waals surface area contributed by atoms with Crippen molar-refractivity contribution in [3.63, 3.8) is 0 Å². The SMILES string of the molecule is C#CCCCCCCCC.[3HH]. The molecule has 0 rings (SSSR count). The molecular formula is C10H20. The second-order valence-corrected chi connectivity index (χ2v) is 2.72. The molecule has 0 N–H and O–H groups in total. The van der Waals surface area contributed by atoms with Crippen LogP contribution in [0.25, 0.3) is 0 Å². The van der Waals surface area contributed by atoms with E-state index in [-0.39, 0.29) is 1.43 Å². The van der Waals surface area contributed by atoms with E-state index in [9.17, 15) is 0 Å². The molecule has 10 heavy (non-hydrogen) atoms. The van der Waals surface area contributed by atoms with Crippen LogP contribution < -0.4 is 0 Å². The zero-order chi connectivity index (χ0) is 7.66. The van der Waals surface area contributed by atoms with E-state index in [1.807, 2.05) is 0 Å². The van der Waals surface area contributed by atoms with Crippen molar-refractivity contribution in [2.45, 2.75) is 51.9 Å². The molecule has 0 bridgehead atoms. The van der Waals surface area contributed by atoms with Crippen LogP contribution in [0.3, 0.4) is 0 Å². The van der Waals surface area contributed by atoms with Crippen LogP contribution in [0.4, 0.5) is 0 Å². The molecule has 0 spiro atoms. The summed E-state index contributed by atoms with van der Waals surface area (Å²) in [4.78, 5) is 0. The Balaban J connectivity index is 0. The van der Waals surface area contributed by atoms with Gasteiger partial charge in [-0.1, -0.05) is 39.0 Å². The molecule has 0 heteroatoms. The second kappa shape index (κ2) is 8.56. The van der Waals surface area contributed by atoms with Crippen LogP contribution in [0.1, 0.15) is 53.3 Å². The lowest BCUT2D eigenvalue weighted by atomic mass is 10.1. The van der Waals surface area contributed by atoms with Gasteiger partial charge in [-0.25, -0.2) is 0 Å². The molecule has 0 aromatic heterocycles. The van der Waals surface area contributed by atoms with Gasteiger partial charge in [-0.15, -0.1) is 12.3 Å². The average molecular weight is 142 g/mol. The molecule has 0 radical (unpaired) electrons. The van der Waals surface area contributed by atoms with E-state index in [0.717, 1.165) is 6.42 Å². The monoisotopic (exact) mass is 142 g/mol. The van der Waals surface area contributed by atoms with E-state index in [1.165, 1.54) is 38.5 Å². The Bertz CT molecular complexity index is 91.5. The zero-order valence-corrected chi connectivity index (χ0v) is 7.03. The molecule has 0 atom stereocenters. The first kappa shape index (κ1) is 9.56. The Morgan fingerprint density at radius 1 is 1.10 bits per heavy atom. The summed E-state index contributed by atoms with van der Waals surface area (Å²) in [7, 11) is 0. The van der Waals surface area contributed by atoms with E-state index in [4.69, 9.17) is 6.42 Å². The Hall–Kier alpha value is -0.440. The molecular weight excluding hydrogens is 120 g/mol. The van der Waals surface area contributed by atoms with Gasteiger partial charge in [0.2, 0.25) is 0 Å². The van der Waals surface area contributed by atoms with Gasteiger partial charge in [0.1, 0.15) is 0 Å². The minimum Gasteiger partial charge on any atom is -0.120 e. The minimum absolute atomic E-state index is 0. The average Bonchev–Trinajstić information content (AvgIpc) is 1.97. The Labute approximate surface area is 66.5 Å². The van der Waals surface area contributed by atoms with E-state index >= 15 is 0 Å². The van der Waals surface area contributed by atoms with Crippen LogP contribution in [-0.2, 0) is 0 Å². The van der Waals surface area contributed by atoms with Gasteiger partial charge >= 0.3 is 0 Å². The molecule has 0 nitrogen and oxygen atoms in total. The van der Waals surface area contributed by atoms with Gasteiger partial charge in [-0.2, -0.15) is 0 Å². The van der Waals surface area contributed by atoms with Crippen molar-refractivity contribution < 1.29 is 1.43 Å². The lowest BCUT2D eigenvalue weighted by molar-refractivity contribution is 0.614. The lowest BCUT2D eigenvalue weighted by Gasteiger charge is -1.95. The Morgan fingerprint density at radius 2 is 1.70 bits per heavy atom. The standard InChI is InChI=1S/C10H18.H2/c1-3-5-7-9-10-8-6-4-2;/h1H,4-10H2,2H3;1H/i;1+2. The van der Waals surface area contributed by atoms with Crippen molar-refractivity contribution in [1.82, 2.24) is 0 Å². The van der Waals surface area contributed by atoms with E-state index in [1.54, 1.807) is 0 Å². The van der Waals surface area contributed by atoms with Gasteiger partial charge in [0.05, 0.1) is 0 Å². The predicted molar refractivity (Wildman–Crippen MR) is 48.9 cm³/mol. The highest BCUT2D eigenvalue weighted by Crippen LogP contribution is 2.05. The summed E-state index contributed by atoms with van der Waals surface area (Å²) < 4.78 is 0. The third kappa shape index (κ3) is 7.56. The fraction of sp³-hybridized carbons (Fsp3) is 0.800. The highest BCUT2D eigenvalue weighted by molar-refractivity contribution is 4.82. The van der Waals surface area contributed by atoms with Gasteiger partial charge in [-0.05, 0) is 6.42 Å². The largest absolute Gasteiger partial charge is 0.120 e. The maximum Gasteiger partial charge on any atom is 0.00860 e. The summed E-state index contributed by atoms with van der Waals surface area (Å²) in [6, 6.07) is 0. The van der Waals surface area contributed by atoms with Crippen molar-refractivity contribution in [3.8, 4) is 12.3 Å². The number of hydrogen-bond acceptors (Lipinski definition) is 0. The Kier molecular flexibility index (Phi) is 8.18. The molecule has 0 amide bonds. The van der Waals surface area contributed by atoms with Crippen molar-refractivity contribution in [1.29, 1.82) is 0 Å². The first-order valence-corrected chi connectivity index (χ1v) is 4.35. The van der Waals surface area contributed by atoms with Gasteiger partial charge in [0, 0.05) is 7.85 Å². The van der Waals surface area contributed by atoms with Gasteiger partial charge in [0.25, 0.3) is 0 Å². The van der Waals surface area contributed by atoms with E-state index in [0.29, 0.717) is 0 Å². The quantitative estimate of drug-likeness (QED) is 0.392. The number of unbranched alkanes of at least 4 members (excludes halogenated alkanes) is 6. The minimum atomic E-state index is 0. The molecule has 0 aliphatic carbocycles. The predicted octanol–water partition coefficient (Wildman–Crippen LogP) is 3.62. The van der Waals surface area contributed by atoms with Crippen LogP contribution in [0.15, 0.2) is 0 Å². The molecule has 0 aliphatic heterocycles. The maximum atomic E-state index is 5.12. The highest BCUT2D eigenvalue weighted by atomic mass is 13.9. The fourth-order valence-electron chi connectivity index (χ4n) is 1.01. The molecule has 60 valence electrons. The molecule has 0 unspecified atom stereocenters. The molecule has 0 heterocycles. The lowest BCUT2D eigenvalue weighted by Crippen LogP contribution is -1.77. The van der Waals surface area contributed by atoms with Gasteiger partial charge in [0.15, 0.2) is 0 Å². The van der Waals surface area contributed by atoms with Crippen LogP contribution >= 0.6 is 0 Å². The van der Waals surface area contributed by atoms with Crippen molar-refractivity contribution >= 4 is 0 Å². The summed E-state index contributed by atoms with van der Waals surface area (Å²) in [5, 5.41) is 0. The number of rotatable bonds is 6. The third-order valence-corrected chi connectivity index (χ3v) is 1.67. The maximum absolute atomic E-state index is 5.12. The number of hydrogen-bond donors (Lipinski definition) is 0. The Morgan fingerprint density at radius 3 is 2.30 bits per heavy atom. The second-order valence-electron chi connectivity index (χ2n) is 2.72. The van der Waals surface area contributed by atoms with Crippen molar-refractivity contribution in [2.24, 2.45) is 0 Å². The van der Waals surface area contributed by atoms with E-state index < -0.39 is 0 Å². The smallest absolute Gasteiger partial charge is 0.00860 e. The van der Waals surface area contributed by atoms with Crippen LogP contribution in [0.2, 0.25) is 0 Å². The highest BCUT2D eigenvalue weighted by Gasteiger charge is 1.86. The molecule has 0 saturated carbocycles. The van der Waals surface area contributed by atoms with Crippen LogP contribution in [0.5, 0.6) is 0 Å². The van der Waals surface area contributed by atoms with Gasteiger partial charge < -0.3 is 0 Å². The summed E-state index contributed by atoms with van der Waals surface area (Å²) in [6.07, 6.45) is 14.1. The van der Waals surface area contributed by atoms with Crippen LogP contribution in [-0.4, -0.2) is 0 Å². The molecule has 0 fully saturated rings. The molecule has 0 aromatic carbocycles. The normalized spacial score (nSPS) is 9.20. The van der Waals surface area contributed by atoms with E-state index in [2.05, 4.69) is 12.8 Å². The van der Waals surface area contributed by atoms with Crippen molar-refractivity contribution in [2.75, 3.05) is 0 Å². The molecule has 0 aromatic rings. The topological polar surface area (TPSA) is 0 Å². The summed E-state index contributed by atoms with van der Waals surface area (Å²) in [5.74, 6) is 2.66. The fourth-order valence-corrected chi connectivity index (χ4v) is 1.01. The molecule has 0 aliphatic rings. The first-order chi connectivity index (χ1) is 4.91. The molecule has 0 saturated heterocycles. The van der Waals surface area contributed by atoms with Crippen molar-refractivity contribution in [3.05, 3.63) is 0 Å².